The Kier molecular flexibility index (Phi) is 5.46. The first-order valence-electron chi connectivity index (χ1n) is 8.31. The van der Waals surface area contributed by atoms with Crippen molar-refractivity contribution in [3.05, 3.63) is 65.9 Å². The van der Waals surface area contributed by atoms with E-state index in [9.17, 15) is 14.4 Å². The number of carbonyl (C=O) groups is 3. The zero-order chi connectivity index (χ0) is 19.2. The van der Waals surface area contributed by atoms with Gasteiger partial charge in [0.1, 0.15) is 0 Å². The number of carbonyl (C=O) groups excluding carboxylic acids is 3. The number of hydrogen-bond donors (Lipinski definition) is 3. The number of fused-ring (bicyclic) bond motifs is 1. The molecule has 0 radical (unpaired) electrons. The van der Waals surface area contributed by atoms with Gasteiger partial charge in [-0.3, -0.25) is 15.2 Å². The van der Waals surface area contributed by atoms with Gasteiger partial charge in [-0.1, -0.05) is 48.5 Å². The highest BCUT2D eigenvalue weighted by molar-refractivity contribution is 6.03. The molecule has 0 saturated carbocycles. The highest BCUT2D eigenvalue weighted by Crippen LogP contribution is 2.16. The first-order valence-corrected chi connectivity index (χ1v) is 8.31. The molecular weight excluding hydrogens is 348 g/mol. The monoisotopic (exact) mass is 366 g/mol. The van der Waals surface area contributed by atoms with Gasteiger partial charge in [0.2, 0.25) is 0 Å². The number of amides is 3. The van der Waals surface area contributed by atoms with Crippen molar-refractivity contribution in [2.75, 3.05) is 0 Å². The van der Waals surface area contributed by atoms with Crippen molar-refractivity contribution in [1.82, 2.24) is 20.8 Å². The standard InChI is InChI=1S/C19H18N4O4/c1-12(17(24)21-19(26)20-11-13-7-3-2-4-8-13)27-18(25)16-14-9-5-6-10-15(14)22-23-16/h2-10,12H,11H2,1H3,(H,22,23)(H2,20,21,24,26). The van der Waals surface area contributed by atoms with Gasteiger partial charge in [0.05, 0.1) is 5.52 Å². The molecule has 8 heteroatoms. The van der Waals surface area contributed by atoms with Gasteiger partial charge in [-0.25, -0.2) is 9.59 Å². The van der Waals surface area contributed by atoms with Gasteiger partial charge >= 0.3 is 12.0 Å². The fourth-order valence-electron chi connectivity index (χ4n) is 2.42. The second-order valence-electron chi connectivity index (χ2n) is 5.82. The van der Waals surface area contributed by atoms with Gasteiger partial charge in [-0.2, -0.15) is 5.10 Å². The lowest BCUT2D eigenvalue weighted by molar-refractivity contribution is -0.127. The summed E-state index contributed by atoms with van der Waals surface area (Å²) >= 11 is 0. The number of hydrogen-bond acceptors (Lipinski definition) is 5. The van der Waals surface area contributed by atoms with Crippen LogP contribution in [0.3, 0.4) is 0 Å². The van der Waals surface area contributed by atoms with E-state index in [0.717, 1.165) is 5.56 Å². The molecule has 3 rings (SSSR count). The molecule has 0 bridgehead atoms. The van der Waals surface area contributed by atoms with E-state index in [1.54, 1.807) is 24.3 Å². The predicted molar refractivity (Wildman–Crippen MR) is 97.8 cm³/mol. The highest BCUT2D eigenvalue weighted by atomic mass is 16.5. The van der Waals surface area contributed by atoms with Crippen molar-refractivity contribution < 1.29 is 19.1 Å². The summed E-state index contributed by atoms with van der Waals surface area (Å²) in [5.74, 6) is -1.48. The Hall–Kier alpha value is -3.68. The van der Waals surface area contributed by atoms with Crippen molar-refractivity contribution in [3.63, 3.8) is 0 Å². The Morgan fingerprint density at radius 2 is 1.78 bits per heavy atom. The zero-order valence-electron chi connectivity index (χ0n) is 14.6. The molecule has 2 aromatic carbocycles. The van der Waals surface area contributed by atoms with E-state index in [4.69, 9.17) is 4.74 Å². The lowest BCUT2D eigenvalue weighted by Gasteiger charge is -2.12. The van der Waals surface area contributed by atoms with Gasteiger partial charge < -0.3 is 10.1 Å². The molecule has 138 valence electrons. The molecule has 27 heavy (non-hydrogen) atoms. The fourth-order valence-corrected chi connectivity index (χ4v) is 2.42. The lowest BCUT2D eigenvalue weighted by atomic mass is 10.2. The number of aromatic amines is 1. The van der Waals surface area contributed by atoms with Crippen LogP contribution in [-0.4, -0.2) is 34.2 Å². The topological polar surface area (TPSA) is 113 Å². The number of ether oxygens (including phenoxy) is 1. The summed E-state index contributed by atoms with van der Waals surface area (Å²) in [5.41, 5.74) is 1.66. The smallest absolute Gasteiger partial charge is 0.360 e. The molecule has 3 amide bonds. The van der Waals surface area contributed by atoms with Crippen LogP contribution in [0.5, 0.6) is 0 Å². The molecule has 1 heterocycles. The number of rotatable bonds is 5. The van der Waals surface area contributed by atoms with E-state index < -0.39 is 24.0 Å². The number of benzene rings is 2. The second-order valence-corrected chi connectivity index (χ2v) is 5.82. The molecule has 0 aliphatic rings. The SMILES string of the molecule is CC(OC(=O)c1n[nH]c2ccccc12)C(=O)NC(=O)NCc1ccccc1. The third-order valence-corrected chi connectivity index (χ3v) is 3.85. The number of esters is 1. The van der Waals surface area contributed by atoms with E-state index >= 15 is 0 Å². The van der Waals surface area contributed by atoms with E-state index in [1.165, 1.54) is 6.92 Å². The van der Waals surface area contributed by atoms with Crippen molar-refractivity contribution in [1.29, 1.82) is 0 Å². The number of nitrogens with zero attached hydrogens (tertiary/aromatic N) is 1. The first-order chi connectivity index (χ1) is 13.0. The maximum atomic E-state index is 12.2. The first kappa shape index (κ1) is 18.1. The second kappa shape index (κ2) is 8.13. The minimum absolute atomic E-state index is 0.0822. The minimum Gasteiger partial charge on any atom is -0.448 e. The fraction of sp³-hybridized carbons (Fsp3) is 0.158. The van der Waals surface area contributed by atoms with Crippen LogP contribution in [0.25, 0.3) is 10.9 Å². The zero-order valence-corrected chi connectivity index (χ0v) is 14.6. The van der Waals surface area contributed by atoms with Crippen LogP contribution in [0, 0.1) is 0 Å². The van der Waals surface area contributed by atoms with Gasteiger partial charge in [-0.05, 0) is 18.6 Å². The summed E-state index contributed by atoms with van der Waals surface area (Å²) in [6.45, 7) is 1.65. The van der Waals surface area contributed by atoms with Gasteiger partial charge in [0, 0.05) is 11.9 Å². The van der Waals surface area contributed by atoms with Crippen LogP contribution in [0.2, 0.25) is 0 Å². The Bertz CT molecular complexity index is 968. The van der Waals surface area contributed by atoms with Crippen molar-refractivity contribution >= 4 is 28.8 Å². The van der Waals surface area contributed by atoms with Crippen molar-refractivity contribution in [2.45, 2.75) is 19.6 Å². The average molecular weight is 366 g/mol. The molecule has 0 aliphatic heterocycles. The van der Waals surface area contributed by atoms with Crippen LogP contribution in [0.1, 0.15) is 23.0 Å². The van der Waals surface area contributed by atoms with Crippen LogP contribution < -0.4 is 10.6 Å². The van der Waals surface area contributed by atoms with Crippen LogP contribution in [-0.2, 0) is 16.1 Å². The number of para-hydroxylation sites is 1. The van der Waals surface area contributed by atoms with E-state index in [0.29, 0.717) is 10.9 Å². The molecule has 1 atom stereocenters. The predicted octanol–water partition coefficient (Wildman–Crippen LogP) is 2.13. The largest absolute Gasteiger partial charge is 0.448 e. The molecule has 0 saturated heterocycles. The van der Waals surface area contributed by atoms with E-state index in [-0.39, 0.29) is 12.2 Å². The molecular formula is C19H18N4O4. The Morgan fingerprint density at radius 3 is 2.56 bits per heavy atom. The number of imide groups is 1. The van der Waals surface area contributed by atoms with Gasteiger partial charge in [-0.15, -0.1) is 0 Å². The van der Waals surface area contributed by atoms with Crippen LogP contribution in [0.4, 0.5) is 4.79 Å². The molecule has 3 N–H and O–H groups in total. The average Bonchev–Trinajstić information content (AvgIpc) is 3.11. The third kappa shape index (κ3) is 4.49. The Morgan fingerprint density at radius 1 is 1.07 bits per heavy atom. The molecule has 1 aromatic heterocycles. The molecule has 0 spiro atoms. The van der Waals surface area contributed by atoms with Crippen molar-refractivity contribution in [3.8, 4) is 0 Å². The highest BCUT2D eigenvalue weighted by Gasteiger charge is 2.23. The molecule has 1 unspecified atom stereocenters. The molecule has 8 nitrogen and oxygen atoms in total. The summed E-state index contributed by atoms with van der Waals surface area (Å²) in [6.07, 6.45) is -1.16. The van der Waals surface area contributed by atoms with E-state index in [1.807, 2.05) is 30.3 Å². The Labute approximate surface area is 154 Å². The maximum absolute atomic E-state index is 12.2. The minimum atomic E-state index is -1.16. The third-order valence-electron chi connectivity index (χ3n) is 3.85. The summed E-state index contributed by atoms with van der Waals surface area (Å²) in [4.78, 5) is 36.1. The normalized spacial score (nSPS) is 11.6. The van der Waals surface area contributed by atoms with Crippen LogP contribution >= 0.6 is 0 Å². The van der Waals surface area contributed by atoms with Crippen LogP contribution in [0.15, 0.2) is 54.6 Å². The number of nitrogens with one attached hydrogen (secondary N) is 3. The maximum Gasteiger partial charge on any atom is 0.360 e. The van der Waals surface area contributed by atoms with Crippen molar-refractivity contribution in [2.24, 2.45) is 0 Å². The van der Waals surface area contributed by atoms with E-state index in [2.05, 4.69) is 20.8 Å². The Balaban J connectivity index is 1.52. The summed E-state index contributed by atoms with van der Waals surface area (Å²) in [5, 5.41) is 11.9. The number of urea groups is 1. The number of aromatic nitrogens is 2. The molecule has 3 aromatic rings. The summed E-state index contributed by atoms with van der Waals surface area (Å²) in [7, 11) is 0. The summed E-state index contributed by atoms with van der Waals surface area (Å²) < 4.78 is 5.11. The van der Waals surface area contributed by atoms with Gasteiger partial charge in [0.15, 0.2) is 11.8 Å². The quantitative estimate of drug-likeness (QED) is 0.599. The molecule has 0 aliphatic carbocycles. The van der Waals surface area contributed by atoms with Gasteiger partial charge in [0.25, 0.3) is 5.91 Å². The molecule has 0 fully saturated rings. The summed E-state index contributed by atoms with van der Waals surface area (Å²) in [6, 6.07) is 15.6. The lowest BCUT2D eigenvalue weighted by Crippen LogP contribution is -2.44. The number of H-pyrrole nitrogens is 1.